The lowest BCUT2D eigenvalue weighted by Crippen LogP contribution is -2.38. The lowest BCUT2D eigenvalue weighted by Gasteiger charge is -2.26. The number of hydrogen-bond acceptors (Lipinski definition) is 11. The molecule has 1 saturated heterocycles. The molecule has 1 aromatic carbocycles. The van der Waals surface area contributed by atoms with Crippen LogP contribution in [0.15, 0.2) is 40.2 Å². The highest BCUT2D eigenvalue weighted by Gasteiger charge is 2.11. The number of benzene rings is 1. The van der Waals surface area contributed by atoms with E-state index in [4.69, 9.17) is 14.2 Å². The topological polar surface area (TPSA) is 167 Å². The number of nitrogens with zero attached hydrogens (tertiary/aromatic N) is 6. The number of morpholine rings is 1. The van der Waals surface area contributed by atoms with Crippen molar-refractivity contribution in [2.75, 3.05) is 64.5 Å². The number of hydrogen-bond donors (Lipinski definition) is 4. The smallest absolute Gasteiger partial charge is 0.326 e. The summed E-state index contributed by atoms with van der Waals surface area (Å²) in [5, 5.41) is 18.1. The van der Waals surface area contributed by atoms with Crippen LogP contribution in [-0.2, 0) is 9.47 Å². The number of anilines is 2. The van der Waals surface area contributed by atoms with Gasteiger partial charge in [-0.2, -0.15) is 19.6 Å². The molecule has 0 unspecified atom stereocenters. The Balaban J connectivity index is 1.41. The Morgan fingerprint density at radius 1 is 1.23 bits per heavy atom. The minimum atomic E-state index is -0.522. The van der Waals surface area contributed by atoms with E-state index in [9.17, 15) is 9.90 Å². The molecular formula is C25H31N9O5. The number of H-pyrrole nitrogens is 2. The van der Waals surface area contributed by atoms with E-state index in [-0.39, 0.29) is 11.6 Å². The highest BCUT2D eigenvalue weighted by atomic mass is 16.5. The van der Waals surface area contributed by atoms with Gasteiger partial charge >= 0.3 is 5.69 Å². The Morgan fingerprint density at radius 3 is 2.90 bits per heavy atom. The zero-order valence-electron chi connectivity index (χ0n) is 21.6. The minimum Gasteiger partial charge on any atom is -0.493 e. The van der Waals surface area contributed by atoms with Gasteiger partial charge in [0.2, 0.25) is 11.8 Å². The van der Waals surface area contributed by atoms with Gasteiger partial charge in [0.15, 0.2) is 5.65 Å². The van der Waals surface area contributed by atoms with Gasteiger partial charge in [0.25, 0.3) is 5.62 Å². The highest BCUT2D eigenvalue weighted by Crippen LogP contribution is 2.19. The summed E-state index contributed by atoms with van der Waals surface area (Å²) in [4.78, 5) is 32.4. The Hall–Kier alpha value is -4.27. The average molecular weight is 538 g/mol. The zero-order valence-corrected chi connectivity index (χ0v) is 21.6. The van der Waals surface area contributed by atoms with E-state index in [2.05, 4.69) is 40.2 Å². The molecule has 1 aliphatic heterocycles. The van der Waals surface area contributed by atoms with E-state index in [1.165, 1.54) is 4.52 Å². The van der Waals surface area contributed by atoms with Crippen molar-refractivity contribution in [1.29, 1.82) is 0 Å². The summed E-state index contributed by atoms with van der Waals surface area (Å²) in [5.41, 5.74) is 1.18. The molecule has 0 amide bonds. The van der Waals surface area contributed by atoms with E-state index in [0.29, 0.717) is 48.8 Å². The largest absolute Gasteiger partial charge is 0.493 e. The molecule has 3 aromatic heterocycles. The molecule has 1 fully saturated rings. The second-order valence-electron chi connectivity index (χ2n) is 8.70. The number of aromatic amines is 2. The molecule has 1 aliphatic rings. The van der Waals surface area contributed by atoms with E-state index in [0.717, 1.165) is 44.3 Å². The maximum absolute atomic E-state index is 11.6. The van der Waals surface area contributed by atoms with Gasteiger partial charge < -0.3 is 29.6 Å². The lowest BCUT2D eigenvalue weighted by atomic mass is 10.3. The molecule has 0 radical (unpaired) electrons. The van der Waals surface area contributed by atoms with Crippen LogP contribution in [0.4, 0.5) is 11.6 Å². The van der Waals surface area contributed by atoms with Gasteiger partial charge in [0.05, 0.1) is 32.6 Å². The fourth-order valence-corrected chi connectivity index (χ4v) is 4.05. The first-order valence-corrected chi connectivity index (χ1v) is 12.8. The summed E-state index contributed by atoms with van der Waals surface area (Å²) in [5.74, 6) is 0.741. The first-order valence-electron chi connectivity index (χ1n) is 12.8. The molecule has 39 heavy (non-hydrogen) atoms. The van der Waals surface area contributed by atoms with Crippen molar-refractivity contribution in [3.63, 3.8) is 0 Å². The second-order valence-corrected chi connectivity index (χ2v) is 8.70. The molecule has 0 aliphatic carbocycles. The van der Waals surface area contributed by atoms with Gasteiger partial charge in [-0.25, -0.2) is 9.79 Å². The van der Waals surface area contributed by atoms with Crippen LogP contribution in [0, 0.1) is 0 Å². The summed E-state index contributed by atoms with van der Waals surface area (Å²) in [6.07, 6.45) is 3.13. The number of fused-ring (bicyclic) bond motifs is 1. The van der Waals surface area contributed by atoms with Gasteiger partial charge in [-0.1, -0.05) is 6.07 Å². The Kier molecular flexibility index (Phi) is 8.45. The SMILES string of the molecule is CCOCCN=c1nc(Nc2cccc(OCCN3CCOCC3)c2)nc2/c(=C\c3[nH]c(=O)[nH]c3O)cnn12. The molecule has 0 saturated carbocycles. The van der Waals surface area contributed by atoms with E-state index in [1.807, 2.05) is 31.2 Å². The van der Waals surface area contributed by atoms with Gasteiger partial charge in [0, 0.05) is 43.2 Å². The normalized spacial score (nSPS) is 15.3. The molecule has 14 nitrogen and oxygen atoms in total. The fourth-order valence-electron chi connectivity index (χ4n) is 4.05. The molecule has 0 atom stereocenters. The van der Waals surface area contributed by atoms with Crippen LogP contribution in [0.2, 0.25) is 0 Å². The third kappa shape index (κ3) is 6.79. The molecule has 4 aromatic rings. The number of rotatable bonds is 11. The Morgan fingerprint density at radius 2 is 2.10 bits per heavy atom. The third-order valence-corrected chi connectivity index (χ3v) is 5.98. The first kappa shape index (κ1) is 26.3. The molecule has 0 spiro atoms. The van der Waals surface area contributed by atoms with E-state index >= 15 is 0 Å². The number of ether oxygens (including phenoxy) is 3. The van der Waals surface area contributed by atoms with Crippen molar-refractivity contribution in [3.05, 3.63) is 57.5 Å². The van der Waals surface area contributed by atoms with Crippen molar-refractivity contribution >= 4 is 23.4 Å². The molecule has 5 rings (SSSR count). The Labute approximate surface area is 223 Å². The predicted octanol–water partition coefficient (Wildman–Crippen LogP) is -0.214. The van der Waals surface area contributed by atoms with Crippen LogP contribution < -0.4 is 26.6 Å². The minimum absolute atomic E-state index is 0.208. The number of nitrogens with one attached hydrogen (secondary N) is 3. The standard InChI is InChI=1S/C25H31N9O5/c1-2-37-10-6-26-24-32-23(30-21-17(16-27-34(21)24)14-20-22(35)31-25(36)29-20)28-18-4-3-5-19(15-18)39-13-9-33-7-11-38-12-8-33/h3-5,14-16,35H,2,6-13H2,1H3,(H,26,28,32)(H2,29,31,36)/b17-14-. The van der Waals surface area contributed by atoms with E-state index < -0.39 is 5.69 Å². The third-order valence-electron chi connectivity index (χ3n) is 5.98. The predicted molar refractivity (Wildman–Crippen MR) is 142 cm³/mol. The van der Waals surface area contributed by atoms with E-state index in [1.54, 1.807) is 12.3 Å². The van der Waals surface area contributed by atoms with Crippen LogP contribution in [0.25, 0.3) is 11.7 Å². The monoisotopic (exact) mass is 537 g/mol. The fraction of sp³-hybridized carbons (Fsp3) is 0.400. The van der Waals surface area contributed by atoms with Gasteiger partial charge in [0.1, 0.15) is 18.1 Å². The molecule has 206 valence electrons. The maximum Gasteiger partial charge on any atom is 0.326 e. The summed E-state index contributed by atoms with van der Waals surface area (Å²) in [6, 6.07) is 7.56. The summed E-state index contributed by atoms with van der Waals surface area (Å²) >= 11 is 0. The number of imidazole rings is 1. The van der Waals surface area contributed by atoms with Crippen LogP contribution in [0.3, 0.4) is 0 Å². The van der Waals surface area contributed by atoms with Crippen molar-refractivity contribution in [2.24, 2.45) is 4.99 Å². The van der Waals surface area contributed by atoms with Crippen LogP contribution >= 0.6 is 0 Å². The summed E-state index contributed by atoms with van der Waals surface area (Å²) in [6.45, 7) is 8.06. The Bertz CT molecular complexity index is 1570. The highest BCUT2D eigenvalue weighted by molar-refractivity contribution is 5.60. The second kappa shape index (κ2) is 12.5. The number of aromatic hydroxyl groups is 1. The van der Waals surface area contributed by atoms with Crippen LogP contribution in [-0.4, -0.2) is 98.8 Å². The van der Waals surface area contributed by atoms with Gasteiger partial charge in [-0.3, -0.25) is 9.88 Å². The van der Waals surface area contributed by atoms with Crippen molar-refractivity contribution in [1.82, 2.24) is 34.4 Å². The maximum atomic E-state index is 11.6. The quantitative estimate of drug-likeness (QED) is 0.188. The van der Waals surface area contributed by atoms with Crippen molar-refractivity contribution in [3.8, 4) is 11.6 Å². The molecular weight excluding hydrogens is 506 g/mol. The van der Waals surface area contributed by atoms with Crippen molar-refractivity contribution in [2.45, 2.75) is 6.92 Å². The average Bonchev–Trinajstić information content (AvgIpc) is 3.49. The van der Waals surface area contributed by atoms with Gasteiger partial charge in [-0.15, -0.1) is 0 Å². The summed E-state index contributed by atoms with van der Waals surface area (Å²) in [7, 11) is 0. The zero-order chi connectivity index (χ0) is 27.0. The molecule has 0 bridgehead atoms. The molecule has 14 heteroatoms. The summed E-state index contributed by atoms with van der Waals surface area (Å²) < 4.78 is 18.3. The van der Waals surface area contributed by atoms with Gasteiger partial charge in [-0.05, 0) is 25.1 Å². The number of aromatic nitrogens is 6. The van der Waals surface area contributed by atoms with Crippen LogP contribution in [0.1, 0.15) is 12.6 Å². The first-order chi connectivity index (χ1) is 19.1. The van der Waals surface area contributed by atoms with Crippen LogP contribution in [0.5, 0.6) is 11.6 Å². The molecule has 4 N–H and O–H groups in total. The molecule has 4 heterocycles. The lowest BCUT2D eigenvalue weighted by molar-refractivity contribution is 0.0322. The van der Waals surface area contributed by atoms with Crippen molar-refractivity contribution < 1.29 is 19.3 Å².